The molecule has 1 saturated heterocycles. The van der Waals surface area contributed by atoms with Crippen LogP contribution in [-0.4, -0.2) is 45.4 Å². The number of piperidine rings is 1. The van der Waals surface area contributed by atoms with Crippen LogP contribution in [0.15, 0.2) is 18.2 Å². The number of benzene rings is 1. The molecule has 0 radical (unpaired) electrons. The van der Waals surface area contributed by atoms with Crippen molar-refractivity contribution in [3.8, 4) is 0 Å². The van der Waals surface area contributed by atoms with Crippen molar-refractivity contribution in [2.24, 2.45) is 17.8 Å². The Balaban J connectivity index is 1.27. The van der Waals surface area contributed by atoms with Crippen molar-refractivity contribution in [3.63, 3.8) is 0 Å². The zero-order valence-corrected chi connectivity index (χ0v) is 19.1. The predicted octanol–water partition coefficient (Wildman–Crippen LogP) is 3.45. The van der Waals surface area contributed by atoms with Crippen LogP contribution in [0.1, 0.15) is 52.3 Å². The molecule has 2 amide bonds. The van der Waals surface area contributed by atoms with Crippen LogP contribution in [0.5, 0.6) is 0 Å². The summed E-state index contributed by atoms with van der Waals surface area (Å²) in [6.45, 7) is 11.8. The summed E-state index contributed by atoms with van der Waals surface area (Å²) in [5.74, 6) is 0.493. The van der Waals surface area contributed by atoms with E-state index in [9.17, 15) is 9.59 Å². The number of rotatable bonds is 3. The van der Waals surface area contributed by atoms with E-state index in [2.05, 4.69) is 28.2 Å². The van der Waals surface area contributed by atoms with Gasteiger partial charge in [-0.1, -0.05) is 18.2 Å². The van der Waals surface area contributed by atoms with Crippen molar-refractivity contribution in [2.45, 2.75) is 65.1 Å². The van der Waals surface area contributed by atoms with Gasteiger partial charge in [-0.15, -0.1) is 0 Å². The van der Waals surface area contributed by atoms with Crippen molar-refractivity contribution in [3.05, 3.63) is 29.5 Å². The highest BCUT2D eigenvalue weighted by Crippen LogP contribution is 2.52. The number of para-hydroxylation sites is 1. The first kappa shape index (κ1) is 20.3. The number of likely N-dealkylation sites (tertiary alicyclic amines) is 1. The fraction of sp³-hybridized carbons (Fsp3) is 0.625. The number of carbonyl (C=O) groups excluding carboxylic acids is 2. The van der Waals surface area contributed by atoms with Crippen LogP contribution in [0, 0.1) is 17.8 Å². The quantitative estimate of drug-likeness (QED) is 0.819. The van der Waals surface area contributed by atoms with Gasteiger partial charge in [0.1, 0.15) is 5.60 Å². The van der Waals surface area contributed by atoms with E-state index in [1.165, 1.54) is 11.1 Å². The van der Waals surface area contributed by atoms with Gasteiger partial charge in [-0.3, -0.25) is 9.48 Å². The van der Waals surface area contributed by atoms with E-state index in [4.69, 9.17) is 9.84 Å². The molecule has 1 saturated carbocycles. The lowest BCUT2D eigenvalue weighted by atomic mass is 9.94. The van der Waals surface area contributed by atoms with Crippen molar-refractivity contribution >= 4 is 22.9 Å². The Morgan fingerprint density at radius 3 is 2.52 bits per heavy atom. The third-order valence-corrected chi connectivity index (χ3v) is 6.85. The number of fused-ring (bicyclic) bond motifs is 1. The maximum absolute atomic E-state index is 13.1. The first-order valence-corrected chi connectivity index (χ1v) is 11.3. The normalized spacial score (nSPS) is 24.8. The molecule has 3 heterocycles. The molecule has 1 aromatic carbocycles. The van der Waals surface area contributed by atoms with Gasteiger partial charge < -0.3 is 15.0 Å². The molecule has 2 aliphatic heterocycles. The SMILES string of the molecule is CC(C)(C)OC(=O)N1C[C@@H]2C(C(=O)NC(C)(C)c3nn4c5c(cccc35)CCC4)[C@@H]2C1. The van der Waals surface area contributed by atoms with Gasteiger partial charge >= 0.3 is 6.09 Å². The van der Waals surface area contributed by atoms with Crippen LogP contribution in [0.3, 0.4) is 0 Å². The zero-order valence-electron chi connectivity index (χ0n) is 19.1. The summed E-state index contributed by atoms with van der Waals surface area (Å²) in [5, 5.41) is 9.30. The largest absolute Gasteiger partial charge is 0.444 e. The van der Waals surface area contributed by atoms with E-state index in [0.717, 1.165) is 30.5 Å². The van der Waals surface area contributed by atoms with Gasteiger partial charge in [-0.2, -0.15) is 5.10 Å². The molecule has 166 valence electrons. The summed E-state index contributed by atoms with van der Waals surface area (Å²) in [4.78, 5) is 27.2. The molecule has 2 fully saturated rings. The highest BCUT2D eigenvalue weighted by atomic mass is 16.6. The molecule has 1 aliphatic carbocycles. The Hall–Kier alpha value is -2.57. The number of hydrogen-bond donors (Lipinski definition) is 1. The molecule has 3 aliphatic rings. The van der Waals surface area contributed by atoms with Gasteiger partial charge in [0.2, 0.25) is 5.91 Å². The molecule has 1 unspecified atom stereocenters. The summed E-state index contributed by atoms with van der Waals surface area (Å²) in [6, 6.07) is 6.38. The van der Waals surface area contributed by atoms with Crippen molar-refractivity contribution in [1.29, 1.82) is 0 Å². The number of nitrogens with one attached hydrogen (secondary N) is 1. The molecule has 3 atom stereocenters. The number of carbonyl (C=O) groups is 2. The third-order valence-electron chi connectivity index (χ3n) is 6.85. The Kier molecular flexibility index (Phi) is 4.40. The van der Waals surface area contributed by atoms with E-state index in [0.29, 0.717) is 13.1 Å². The molecule has 5 rings (SSSR count). The first-order valence-electron chi connectivity index (χ1n) is 11.3. The molecular formula is C24H32N4O3. The van der Waals surface area contributed by atoms with Crippen molar-refractivity contribution in [2.75, 3.05) is 13.1 Å². The highest BCUT2D eigenvalue weighted by molar-refractivity contribution is 5.88. The van der Waals surface area contributed by atoms with Gasteiger partial charge in [0, 0.05) is 30.9 Å². The first-order chi connectivity index (χ1) is 14.5. The van der Waals surface area contributed by atoms with Crippen LogP contribution in [0.4, 0.5) is 4.79 Å². The number of aromatic nitrogens is 2. The minimum atomic E-state index is -0.564. The smallest absolute Gasteiger partial charge is 0.410 e. The number of aryl methyl sites for hydroxylation is 2. The molecule has 0 bridgehead atoms. The van der Waals surface area contributed by atoms with Crippen LogP contribution in [0.2, 0.25) is 0 Å². The van der Waals surface area contributed by atoms with Crippen LogP contribution < -0.4 is 5.32 Å². The topological polar surface area (TPSA) is 76.5 Å². The Bertz CT molecular complexity index is 1050. The van der Waals surface area contributed by atoms with Crippen molar-refractivity contribution < 1.29 is 14.3 Å². The van der Waals surface area contributed by atoms with Gasteiger partial charge in [0.15, 0.2) is 0 Å². The van der Waals surface area contributed by atoms with E-state index in [1.54, 1.807) is 4.90 Å². The Morgan fingerprint density at radius 1 is 1.13 bits per heavy atom. The minimum Gasteiger partial charge on any atom is -0.444 e. The average Bonchev–Trinajstić information content (AvgIpc) is 2.99. The van der Waals surface area contributed by atoms with E-state index in [-0.39, 0.29) is 29.8 Å². The lowest BCUT2D eigenvalue weighted by Gasteiger charge is -2.27. The number of ether oxygens (including phenoxy) is 1. The molecule has 2 aromatic rings. The summed E-state index contributed by atoms with van der Waals surface area (Å²) >= 11 is 0. The van der Waals surface area contributed by atoms with E-state index in [1.807, 2.05) is 34.6 Å². The molecular weight excluding hydrogens is 392 g/mol. The van der Waals surface area contributed by atoms with E-state index < -0.39 is 11.1 Å². The van der Waals surface area contributed by atoms with Crippen LogP contribution in [-0.2, 0) is 28.0 Å². The second-order valence-electron chi connectivity index (χ2n) is 10.8. The lowest BCUT2D eigenvalue weighted by molar-refractivity contribution is -0.125. The zero-order chi connectivity index (χ0) is 22.1. The van der Waals surface area contributed by atoms with Crippen LogP contribution in [0.25, 0.3) is 10.9 Å². The third kappa shape index (κ3) is 3.48. The molecule has 1 N–H and O–H groups in total. The number of amides is 2. The van der Waals surface area contributed by atoms with Crippen LogP contribution >= 0.6 is 0 Å². The Morgan fingerprint density at radius 2 is 1.84 bits per heavy atom. The summed E-state index contributed by atoms with van der Waals surface area (Å²) in [5.41, 5.74) is 2.41. The standard InChI is InChI=1S/C24H32N4O3/c1-23(2,3)31-22(30)27-12-16-17(13-27)18(16)21(29)25-24(4,5)20-15-10-6-8-14-9-7-11-28(26-20)19(14)15/h6,8,10,16-18H,7,9,11-13H2,1-5H3,(H,25,29)/t16-,17+,18?. The maximum atomic E-state index is 13.1. The lowest BCUT2D eigenvalue weighted by Crippen LogP contribution is -2.44. The summed E-state index contributed by atoms with van der Waals surface area (Å²) in [7, 11) is 0. The van der Waals surface area contributed by atoms with Crippen molar-refractivity contribution in [1.82, 2.24) is 20.0 Å². The fourth-order valence-corrected chi connectivity index (χ4v) is 5.40. The molecule has 7 heteroatoms. The van der Waals surface area contributed by atoms with Gasteiger partial charge in [-0.25, -0.2) is 4.79 Å². The predicted molar refractivity (Wildman–Crippen MR) is 117 cm³/mol. The fourth-order valence-electron chi connectivity index (χ4n) is 5.40. The number of nitrogens with zero attached hydrogens (tertiary/aromatic N) is 3. The monoisotopic (exact) mass is 424 g/mol. The summed E-state index contributed by atoms with van der Waals surface area (Å²) in [6.07, 6.45) is 1.89. The molecule has 31 heavy (non-hydrogen) atoms. The Labute approximate surface area is 183 Å². The average molecular weight is 425 g/mol. The van der Waals surface area contributed by atoms with Gasteiger partial charge in [0.05, 0.1) is 16.7 Å². The second-order valence-corrected chi connectivity index (χ2v) is 10.8. The maximum Gasteiger partial charge on any atom is 0.410 e. The van der Waals surface area contributed by atoms with E-state index >= 15 is 0 Å². The molecule has 0 spiro atoms. The second kappa shape index (κ2) is 6.71. The highest BCUT2D eigenvalue weighted by Gasteiger charge is 2.61. The number of hydrogen-bond acceptors (Lipinski definition) is 4. The van der Waals surface area contributed by atoms with Gasteiger partial charge in [0.25, 0.3) is 0 Å². The van der Waals surface area contributed by atoms with Gasteiger partial charge in [-0.05, 0) is 64.9 Å². The minimum absolute atomic E-state index is 0.0300. The molecule has 7 nitrogen and oxygen atoms in total. The summed E-state index contributed by atoms with van der Waals surface area (Å²) < 4.78 is 7.57. The molecule has 1 aromatic heterocycles.